The molecule has 1 heterocycles. The van der Waals surface area contributed by atoms with Gasteiger partial charge in [0.1, 0.15) is 4.90 Å². The highest BCUT2D eigenvalue weighted by Gasteiger charge is 2.23. The molecule has 0 fully saturated rings. The maximum Gasteiger partial charge on any atom is 0.244 e. The molecule has 4 N–H and O–H groups in total. The Labute approximate surface area is 127 Å². The Kier molecular flexibility index (Phi) is 6.57. The van der Waals surface area contributed by atoms with Gasteiger partial charge in [0.05, 0.1) is 5.69 Å². The highest BCUT2D eigenvalue weighted by atomic mass is 32.2. The molecule has 120 valence electrons. The van der Waals surface area contributed by atoms with Crippen LogP contribution in [0.2, 0.25) is 0 Å². The zero-order chi connectivity index (χ0) is 15.9. The Balaban J connectivity index is 2.72. The van der Waals surface area contributed by atoms with Gasteiger partial charge in [0.15, 0.2) is 0 Å². The summed E-state index contributed by atoms with van der Waals surface area (Å²) in [5.74, 6) is 5.34. The lowest BCUT2D eigenvalue weighted by Crippen LogP contribution is -2.34. The van der Waals surface area contributed by atoms with Crippen molar-refractivity contribution in [1.29, 1.82) is 0 Å². The normalized spacial score (nSPS) is 12.4. The van der Waals surface area contributed by atoms with Crippen molar-refractivity contribution in [1.82, 2.24) is 9.71 Å². The fourth-order valence-electron chi connectivity index (χ4n) is 2.02. The number of aromatic nitrogens is 1. The summed E-state index contributed by atoms with van der Waals surface area (Å²) in [5.41, 5.74) is 2.63. The van der Waals surface area contributed by atoms with E-state index < -0.39 is 10.0 Å². The molecule has 0 aliphatic carbocycles. The number of hydrazine groups is 1. The Morgan fingerprint density at radius 2 is 2.05 bits per heavy atom. The number of hydrogen-bond acceptors (Lipinski definition) is 5. The molecule has 1 aromatic rings. The molecule has 0 aliphatic rings. The van der Waals surface area contributed by atoms with Crippen LogP contribution in [0.1, 0.15) is 46.5 Å². The molecule has 0 aromatic carbocycles. The van der Waals surface area contributed by atoms with E-state index in [1.807, 2.05) is 0 Å². The van der Waals surface area contributed by atoms with Gasteiger partial charge >= 0.3 is 0 Å². The number of unbranched alkanes of at least 4 members (excludes halogenated alkanes) is 2. The molecule has 6 nitrogen and oxygen atoms in total. The van der Waals surface area contributed by atoms with Crippen LogP contribution in [0, 0.1) is 5.41 Å². The molecule has 0 saturated carbocycles. The molecule has 1 aromatic heterocycles. The van der Waals surface area contributed by atoms with Crippen molar-refractivity contribution in [3.8, 4) is 0 Å². The number of nitrogens with one attached hydrogen (secondary N) is 2. The standard InChI is InChI=1S/C14H26N4O2S/c1-4-5-6-8-14(2,3)11-17-21(19,20)13-10-16-9-7-12(13)18-15/h7,9-10,17H,4-6,8,11,15H2,1-3H3,(H,16,18). The van der Waals surface area contributed by atoms with Crippen LogP contribution in [0.25, 0.3) is 0 Å². The first-order valence-electron chi connectivity index (χ1n) is 7.23. The third kappa shape index (κ3) is 5.61. The zero-order valence-electron chi connectivity index (χ0n) is 13.0. The average Bonchev–Trinajstić information content (AvgIpc) is 2.45. The monoisotopic (exact) mass is 314 g/mol. The fraction of sp³-hybridized carbons (Fsp3) is 0.643. The van der Waals surface area contributed by atoms with Crippen molar-refractivity contribution in [2.24, 2.45) is 11.3 Å². The van der Waals surface area contributed by atoms with E-state index >= 15 is 0 Å². The van der Waals surface area contributed by atoms with Crippen molar-refractivity contribution in [3.05, 3.63) is 18.5 Å². The lowest BCUT2D eigenvalue weighted by atomic mass is 9.87. The summed E-state index contributed by atoms with van der Waals surface area (Å²) in [5, 5.41) is 0. The Morgan fingerprint density at radius 1 is 1.33 bits per heavy atom. The van der Waals surface area contributed by atoms with Gasteiger partial charge in [0, 0.05) is 18.9 Å². The van der Waals surface area contributed by atoms with Crippen LogP contribution in [-0.2, 0) is 10.0 Å². The Hall–Kier alpha value is -1.18. The molecular formula is C14H26N4O2S. The van der Waals surface area contributed by atoms with E-state index in [-0.39, 0.29) is 10.3 Å². The molecule has 0 unspecified atom stereocenters. The Morgan fingerprint density at radius 3 is 2.67 bits per heavy atom. The van der Waals surface area contributed by atoms with Gasteiger partial charge in [-0.25, -0.2) is 13.1 Å². The van der Waals surface area contributed by atoms with Crippen molar-refractivity contribution >= 4 is 15.7 Å². The lowest BCUT2D eigenvalue weighted by Gasteiger charge is -2.25. The van der Waals surface area contributed by atoms with Crippen LogP contribution >= 0.6 is 0 Å². The number of nitrogens with zero attached hydrogens (tertiary/aromatic N) is 1. The van der Waals surface area contributed by atoms with Crippen molar-refractivity contribution in [2.45, 2.75) is 51.3 Å². The number of hydrogen-bond donors (Lipinski definition) is 3. The van der Waals surface area contributed by atoms with Gasteiger partial charge in [-0.3, -0.25) is 10.8 Å². The topological polar surface area (TPSA) is 97.1 Å². The average molecular weight is 314 g/mol. The van der Waals surface area contributed by atoms with Crippen LogP contribution in [0.3, 0.4) is 0 Å². The first-order chi connectivity index (χ1) is 9.82. The number of rotatable bonds is 9. The number of anilines is 1. The summed E-state index contributed by atoms with van der Waals surface area (Å²) in [6.07, 6.45) is 7.19. The second-order valence-corrected chi connectivity index (χ2v) is 7.70. The van der Waals surface area contributed by atoms with Gasteiger partial charge in [-0.15, -0.1) is 0 Å². The van der Waals surface area contributed by atoms with Crippen LogP contribution in [0.5, 0.6) is 0 Å². The molecule has 0 atom stereocenters. The fourth-order valence-corrected chi connectivity index (χ4v) is 3.38. The smallest absolute Gasteiger partial charge is 0.244 e. The maximum absolute atomic E-state index is 12.3. The molecule has 0 saturated heterocycles. The summed E-state index contributed by atoms with van der Waals surface area (Å²) in [4.78, 5) is 3.92. The third-order valence-corrected chi connectivity index (χ3v) is 4.86. The van der Waals surface area contributed by atoms with Crippen molar-refractivity contribution in [3.63, 3.8) is 0 Å². The quantitative estimate of drug-likeness (QED) is 0.369. The van der Waals surface area contributed by atoms with E-state index in [9.17, 15) is 8.42 Å². The third-order valence-electron chi connectivity index (χ3n) is 3.43. The van der Waals surface area contributed by atoms with E-state index in [4.69, 9.17) is 5.84 Å². The molecule has 0 bridgehead atoms. The minimum Gasteiger partial charge on any atom is -0.323 e. The second kappa shape index (κ2) is 7.72. The molecule has 21 heavy (non-hydrogen) atoms. The van der Waals surface area contributed by atoms with Crippen LogP contribution in [0.4, 0.5) is 5.69 Å². The molecular weight excluding hydrogens is 288 g/mol. The summed E-state index contributed by atoms with van der Waals surface area (Å²) in [6.45, 7) is 6.67. The number of pyridine rings is 1. The largest absolute Gasteiger partial charge is 0.323 e. The first-order valence-corrected chi connectivity index (χ1v) is 8.71. The maximum atomic E-state index is 12.3. The van der Waals surface area contributed by atoms with E-state index in [2.05, 4.69) is 35.9 Å². The molecule has 0 radical (unpaired) electrons. The van der Waals surface area contributed by atoms with Gasteiger partial charge in [0.2, 0.25) is 10.0 Å². The van der Waals surface area contributed by atoms with E-state index in [0.29, 0.717) is 12.2 Å². The molecule has 0 amide bonds. The van der Waals surface area contributed by atoms with E-state index in [0.717, 1.165) is 19.3 Å². The van der Waals surface area contributed by atoms with Gasteiger partial charge in [-0.1, -0.05) is 40.0 Å². The number of nitrogen functional groups attached to an aromatic ring is 1. The number of sulfonamides is 1. The SMILES string of the molecule is CCCCCC(C)(C)CNS(=O)(=O)c1cnccc1NN. The summed E-state index contributed by atoms with van der Waals surface area (Å²) in [6, 6.07) is 1.53. The van der Waals surface area contributed by atoms with Gasteiger partial charge < -0.3 is 5.43 Å². The number of nitrogens with two attached hydrogens (primary N) is 1. The summed E-state index contributed by atoms with van der Waals surface area (Å²) >= 11 is 0. The summed E-state index contributed by atoms with van der Waals surface area (Å²) < 4.78 is 27.3. The zero-order valence-corrected chi connectivity index (χ0v) is 13.8. The lowest BCUT2D eigenvalue weighted by molar-refractivity contribution is 0.320. The Bertz CT molecular complexity index is 544. The minimum absolute atomic E-state index is 0.0665. The van der Waals surface area contributed by atoms with Crippen LogP contribution < -0.4 is 16.0 Å². The van der Waals surface area contributed by atoms with Crippen molar-refractivity contribution < 1.29 is 8.42 Å². The van der Waals surface area contributed by atoms with E-state index in [1.54, 1.807) is 0 Å². The molecule has 7 heteroatoms. The first kappa shape index (κ1) is 17.9. The highest BCUT2D eigenvalue weighted by molar-refractivity contribution is 7.89. The predicted octanol–water partition coefficient (Wildman–Crippen LogP) is 2.25. The van der Waals surface area contributed by atoms with Crippen LogP contribution in [0.15, 0.2) is 23.4 Å². The summed E-state index contributed by atoms with van der Waals surface area (Å²) in [7, 11) is -3.62. The minimum atomic E-state index is -3.62. The van der Waals surface area contributed by atoms with Crippen molar-refractivity contribution in [2.75, 3.05) is 12.0 Å². The van der Waals surface area contributed by atoms with Crippen LogP contribution in [-0.4, -0.2) is 19.9 Å². The molecule has 0 aliphatic heterocycles. The van der Waals surface area contributed by atoms with Gasteiger partial charge in [-0.2, -0.15) is 0 Å². The van der Waals surface area contributed by atoms with E-state index in [1.165, 1.54) is 24.9 Å². The second-order valence-electron chi connectivity index (χ2n) is 5.96. The van der Waals surface area contributed by atoms with Gasteiger partial charge in [0.25, 0.3) is 0 Å². The predicted molar refractivity (Wildman–Crippen MR) is 85.2 cm³/mol. The highest BCUT2D eigenvalue weighted by Crippen LogP contribution is 2.24. The molecule has 1 rings (SSSR count). The molecule has 0 spiro atoms. The van der Waals surface area contributed by atoms with Gasteiger partial charge in [-0.05, 0) is 17.9 Å².